The first kappa shape index (κ1) is 24.5. The number of benzene rings is 3. The van der Waals surface area contributed by atoms with Crippen LogP contribution in [0.2, 0.25) is 5.02 Å². The minimum absolute atomic E-state index is 0.178. The third-order valence-electron chi connectivity index (χ3n) is 5.05. The number of methoxy groups -OCH3 is 1. The van der Waals surface area contributed by atoms with Crippen molar-refractivity contribution in [3.63, 3.8) is 0 Å². The molecule has 35 heavy (non-hydrogen) atoms. The number of rotatable bonds is 6. The molecular formula is C26H20ClFN2O4S. The van der Waals surface area contributed by atoms with Crippen LogP contribution in [0.15, 0.2) is 76.6 Å². The van der Waals surface area contributed by atoms with Crippen molar-refractivity contribution in [1.29, 1.82) is 0 Å². The lowest BCUT2D eigenvalue weighted by Gasteiger charge is -2.09. The molecule has 0 unspecified atom stereocenters. The highest BCUT2D eigenvalue weighted by molar-refractivity contribution is 8.18. The summed E-state index contributed by atoms with van der Waals surface area (Å²) in [6.45, 7) is 0.178. The van der Waals surface area contributed by atoms with Crippen LogP contribution in [0.1, 0.15) is 21.5 Å². The number of hydrogen-bond acceptors (Lipinski definition) is 6. The molecule has 3 aromatic carbocycles. The van der Waals surface area contributed by atoms with Gasteiger partial charge in [-0.2, -0.15) is 0 Å². The molecule has 0 saturated carbocycles. The van der Waals surface area contributed by atoms with Gasteiger partial charge in [-0.15, -0.1) is 0 Å². The zero-order valence-electron chi connectivity index (χ0n) is 18.8. The first-order valence-electron chi connectivity index (χ1n) is 10.5. The van der Waals surface area contributed by atoms with Gasteiger partial charge in [0.15, 0.2) is 5.17 Å². The quantitative estimate of drug-likeness (QED) is 0.297. The van der Waals surface area contributed by atoms with Crippen LogP contribution < -0.4 is 4.74 Å². The highest BCUT2D eigenvalue weighted by atomic mass is 35.5. The zero-order valence-corrected chi connectivity index (χ0v) is 20.4. The number of aliphatic imine (C=N–C) groups is 1. The molecule has 3 aromatic rings. The van der Waals surface area contributed by atoms with Crippen molar-refractivity contribution in [2.45, 2.75) is 6.61 Å². The van der Waals surface area contributed by atoms with Crippen LogP contribution in [-0.2, 0) is 16.1 Å². The zero-order chi connectivity index (χ0) is 24.9. The summed E-state index contributed by atoms with van der Waals surface area (Å²) in [5.74, 6) is -0.495. The van der Waals surface area contributed by atoms with Crippen molar-refractivity contribution in [3.8, 4) is 5.75 Å². The van der Waals surface area contributed by atoms with E-state index in [9.17, 15) is 14.0 Å². The predicted octanol–water partition coefficient (Wildman–Crippen LogP) is 6.08. The summed E-state index contributed by atoms with van der Waals surface area (Å²) in [5.41, 5.74) is 2.43. The number of hydrogen-bond donors (Lipinski definition) is 0. The third-order valence-corrected chi connectivity index (χ3v) is 6.41. The molecule has 178 valence electrons. The second-order valence-corrected chi connectivity index (χ2v) is 8.93. The molecule has 1 fully saturated rings. The Balaban J connectivity index is 1.47. The van der Waals surface area contributed by atoms with Gasteiger partial charge in [0.25, 0.3) is 5.91 Å². The van der Waals surface area contributed by atoms with Crippen LogP contribution in [0.3, 0.4) is 0 Å². The van der Waals surface area contributed by atoms with E-state index in [-0.39, 0.29) is 18.3 Å². The number of esters is 1. The Labute approximate surface area is 211 Å². The van der Waals surface area contributed by atoms with Crippen molar-refractivity contribution in [3.05, 3.63) is 99.2 Å². The van der Waals surface area contributed by atoms with Crippen molar-refractivity contribution in [2.24, 2.45) is 4.99 Å². The van der Waals surface area contributed by atoms with Crippen LogP contribution >= 0.6 is 23.4 Å². The summed E-state index contributed by atoms with van der Waals surface area (Å²) < 4.78 is 23.7. The molecule has 1 amide bonds. The topological polar surface area (TPSA) is 68.2 Å². The maximum atomic E-state index is 13.3. The Hall–Kier alpha value is -3.62. The molecule has 1 saturated heterocycles. The van der Waals surface area contributed by atoms with Crippen LogP contribution in [0.25, 0.3) is 6.08 Å². The van der Waals surface area contributed by atoms with E-state index in [2.05, 4.69) is 4.99 Å². The molecule has 1 aliphatic heterocycles. The highest BCUT2D eigenvalue weighted by Gasteiger charge is 2.30. The number of ether oxygens (including phenoxy) is 2. The number of nitrogens with zero attached hydrogens (tertiary/aromatic N) is 2. The average Bonchev–Trinajstić information content (AvgIpc) is 3.11. The first-order valence-corrected chi connectivity index (χ1v) is 11.6. The molecule has 6 nitrogen and oxygen atoms in total. The van der Waals surface area contributed by atoms with E-state index in [0.717, 1.165) is 5.56 Å². The Kier molecular flexibility index (Phi) is 7.53. The van der Waals surface area contributed by atoms with Gasteiger partial charge in [-0.1, -0.05) is 29.8 Å². The molecule has 4 rings (SSSR count). The summed E-state index contributed by atoms with van der Waals surface area (Å²) >= 11 is 7.61. The highest BCUT2D eigenvalue weighted by Crippen LogP contribution is 2.34. The van der Waals surface area contributed by atoms with E-state index in [1.807, 2.05) is 0 Å². The van der Waals surface area contributed by atoms with Crippen LogP contribution in [0.5, 0.6) is 5.75 Å². The van der Waals surface area contributed by atoms with Crippen molar-refractivity contribution in [1.82, 2.24) is 4.90 Å². The average molecular weight is 511 g/mol. The normalized spacial score (nSPS) is 15.7. The molecule has 0 aromatic heterocycles. The standard InChI is InChI=1S/C26H20ClFN2O4S/c1-30-24(31)23(35-26(30)29-20-9-7-18(8-10-20)25(32)33-2)14-16-6-11-22(21(27)13-16)34-15-17-4-3-5-19(28)12-17/h3-14H,15H2,1-2H3. The summed E-state index contributed by atoms with van der Waals surface area (Å²) in [7, 11) is 2.97. The second-order valence-electron chi connectivity index (χ2n) is 7.52. The summed E-state index contributed by atoms with van der Waals surface area (Å²) in [6, 6.07) is 17.9. The lowest BCUT2D eigenvalue weighted by atomic mass is 10.2. The summed E-state index contributed by atoms with van der Waals surface area (Å²) in [4.78, 5) is 30.8. The minimum atomic E-state index is -0.430. The number of amides is 1. The number of carbonyl (C=O) groups excluding carboxylic acids is 2. The Bertz CT molecular complexity index is 1340. The Morgan fingerprint density at radius 3 is 2.60 bits per heavy atom. The van der Waals surface area contributed by atoms with Gasteiger partial charge >= 0.3 is 5.97 Å². The van der Waals surface area contributed by atoms with Gasteiger partial charge in [-0.3, -0.25) is 9.69 Å². The first-order chi connectivity index (χ1) is 16.8. The largest absolute Gasteiger partial charge is 0.487 e. The fourth-order valence-electron chi connectivity index (χ4n) is 3.22. The molecule has 0 atom stereocenters. The van der Waals surface area contributed by atoms with Crippen molar-refractivity contribution >= 4 is 52.2 Å². The predicted molar refractivity (Wildman–Crippen MR) is 135 cm³/mol. The van der Waals surface area contributed by atoms with Gasteiger partial charge in [0.2, 0.25) is 0 Å². The van der Waals surface area contributed by atoms with E-state index in [4.69, 9.17) is 21.1 Å². The van der Waals surface area contributed by atoms with Gasteiger partial charge in [0.05, 0.1) is 28.3 Å². The number of likely N-dealkylation sites (N-methyl/N-ethyl adjacent to an activating group) is 1. The van der Waals surface area contributed by atoms with Gasteiger partial charge < -0.3 is 9.47 Å². The van der Waals surface area contributed by atoms with Gasteiger partial charge in [0, 0.05) is 7.05 Å². The van der Waals surface area contributed by atoms with E-state index in [1.165, 1.54) is 35.9 Å². The number of carbonyl (C=O) groups is 2. The molecule has 0 bridgehead atoms. The molecule has 0 N–H and O–H groups in total. The van der Waals surface area contributed by atoms with Crippen molar-refractivity contribution < 1.29 is 23.5 Å². The number of thioether (sulfide) groups is 1. The van der Waals surface area contributed by atoms with Gasteiger partial charge in [-0.05, 0) is 77.5 Å². The molecule has 1 aliphatic rings. The third kappa shape index (κ3) is 5.90. The summed E-state index contributed by atoms with van der Waals surface area (Å²) in [5, 5.41) is 0.882. The molecule has 1 heterocycles. The van der Waals surface area contributed by atoms with Crippen molar-refractivity contribution in [2.75, 3.05) is 14.2 Å². The van der Waals surface area contributed by atoms with Gasteiger partial charge in [-0.25, -0.2) is 14.2 Å². The van der Waals surface area contributed by atoms with E-state index in [0.29, 0.717) is 37.7 Å². The van der Waals surface area contributed by atoms with E-state index in [1.54, 1.807) is 67.7 Å². The van der Waals surface area contributed by atoms with Gasteiger partial charge in [0.1, 0.15) is 18.2 Å². The summed E-state index contributed by atoms with van der Waals surface area (Å²) in [6.07, 6.45) is 1.73. The van der Waals surface area contributed by atoms with E-state index < -0.39 is 5.97 Å². The fourth-order valence-corrected chi connectivity index (χ4v) is 4.45. The van der Waals surface area contributed by atoms with E-state index >= 15 is 0 Å². The van der Waals surface area contributed by atoms with Crippen LogP contribution in [0.4, 0.5) is 10.1 Å². The molecule has 0 aliphatic carbocycles. The molecule has 9 heteroatoms. The number of amidine groups is 1. The second kappa shape index (κ2) is 10.8. The Morgan fingerprint density at radius 1 is 1.14 bits per heavy atom. The molecule has 0 spiro atoms. The van der Waals surface area contributed by atoms with Crippen LogP contribution in [0, 0.1) is 5.82 Å². The Morgan fingerprint density at radius 2 is 1.91 bits per heavy atom. The minimum Gasteiger partial charge on any atom is -0.487 e. The molecular weight excluding hydrogens is 491 g/mol. The smallest absolute Gasteiger partial charge is 0.337 e. The molecule has 0 radical (unpaired) electrons. The lowest BCUT2D eigenvalue weighted by molar-refractivity contribution is -0.121. The van der Waals surface area contributed by atoms with Crippen LogP contribution in [-0.4, -0.2) is 36.1 Å². The number of halogens is 2. The fraction of sp³-hybridized carbons (Fsp3) is 0.115. The SMILES string of the molecule is COC(=O)c1ccc(N=C2SC(=Cc3ccc(OCc4cccc(F)c4)c(Cl)c3)C(=O)N2C)cc1. The lowest BCUT2D eigenvalue weighted by Crippen LogP contribution is -2.23. The maximum absolute atomic E-state index is 13.3. The monoisotopic (exact) mass is 510 g/mol. The maximum Gasteiger partial charge on any atom is 0.337 e.